The minimum atomic E-state index is -2.47. The fourth-order valence-corrected chi connectivity index (χ4v) is 7.76. The lowest BCUT2D eigenvalue weighted by atomic mass is 9.77. The molecule has 4 rings (SSSR count). The van der Waals surface area contributed by atoms with E-state index in [1.165, 1.54) is 32.4 Å². The van der Waals surface area contributed by atoms with Crippen molar-refractivity contribution in [3.8, 4) is 11.5 Å². The van der Waals surface area contributed by atoms with Crippen LogP contribution in [0, 0.1) is 41.0 Å². The van der Waals surface area contributed by atoms with Crippen LogP contribution in [-0.2, 0) is 28.8 Å². The number of rotatable bonds is 19. The summed E-state index contributed by atoms with van der Waals surface area (Å²) < 4.78 is 68.1. The smallest absolute Gasteiger partial charge is 0.339 e. The highest BCUT2D eigenvalue weighted by molar-refractivity contribution is 6.38. The lowest BCUT2D eigenvalue weighted by Crippen LogP contribution is -2.53. The number of amides is 5. The number of ketones is 2. The molecule has 61 heavy (non-hydrogen) atoms. The van der Waals surface area contributed by atoms with Crippen molar-refractivity contribution in [2.75, 3.05) is 20.8 Å². The van der Waals surface area contributed by atoms with Crippen LogP contribution in [0.25, 0.3) is 0 Å². The number of carboxylic acids is 1. The maximum absolute atomic E-state index is 14.9. The van der Waals surface area contributed by atoms with Gasteiger partial charge in [-0.05, 0) is 55.7 Å². The third-order valence-electron chi connectivity index (χ3n) is 10.8. The fourth-order valence-electron chi connectivity index (χ4n) is 7.76. The van der Waals surface area contributed by atoms with Gasteiger partial charge in [-0.25, -0.2) is 22.4 Å². The first-order chi connectivity index (χ1) is 28.8. The molecule has 3 unspecified atom stereocenters. The number of ether oxygens (including phenoxy) is 2. The van der Waals surface area contributed by atoms with Gasteiger partial charge in [0, 0.05) is 12.0 Å². The third-order valence-corrected chi connectivity index (χ3v) is 10.8. The number of methoxy groups -OCH3 is 2. The molecule has 2 aromatic carbocycles. The maximum atomic E-state index is 14.9. The van der Waals surface area contributed by atoms with Crippen molar-refractivity contribution in [2.24, 2.45) is 23.5 Å². The number of carbonyl (C=O) groups is 8. The van der Waals surface area contributed by atoms with Crippen LogP contribution in [0.15, 0.2) is 18.2 Å². The number of benzene rings is 2. The van der Waals surface area contributed by atoms with E-state index in [0.29, 0.717) is 25.7 Å². The van der Waals surface area contributed by atoms with E-state index in [0.717, 1.165) is 6.42 Å². The van der Waals surface area contributed by atoms with Crippen molar-refractivity contribution < 1.29 is 75.6 Å². The van der Waals surface area contributed by atoms with Gasteiger partial charge in [0.05, 0.1) is 50.4 Å². The first-order valence-electron chi connectivity index (χ1n) is 19.4. The Morgan fingerprint density at radius 1 is 0.803 bits per heavy atom. The van der Waals surface area contributed by atoms with Gasteiger partial charge in [0.2, 0.25) is 23.5 Å². The van der Waals surface area contributed by atoms with E-state index in [1.807, 2.05) is 0 Å². The molecular formula is C40H47F4N5O12. The molecule has 0 radical (unpaired) electrons. The molecule has 2 aliphatic rings. The molecule has 0 spiro atoms. The topological polar surface area (TPSA) is 270 Å². The number of hydrogen-bond acceptors (Lipinski definition) is 11. The number of nitrogens with one attached hydrogen (secondary N) is 4. The molecule has 0 saturated heterocycles. The predicted octanol–water partition coefficient (Wildman–Crippen LogP) is 1.91. The highest BCUT2D eigenvalue weighted by Gasteiger charge is 2.47. The molecule has 2 aliphatic carbocycles. The van der Waals surface area contributed by atoms with E-state index in [2.05, 4.69) is 21.3 Å². The van der Waals surface area contributed by atoms with E-state index in [4.69, 9.17) is 15.2 Å². The van der Waals surface area contributed by atoms with Crippen molar-refractivity contribution in [3.63, 3.8) is 0 Å². The lowest BCUT2D eigenvalue weighted by Gasteiger charge is -2.33. The molecule has 0 heterocycles. The van der Waals surface area contributed by atoms with E-state index >= 15 is 0 Å². The number of carboxylic acid groups (broad SMARTS) is 1. The molecule has 6 atom stereocenters. The quantitative estimate of drug-likeness (QED) is 0.0462. The van der Waals surface area contributed by atoms with Gasteiger partial charge in [0.1, 0.15) is 23.1 Å². The molecule has 0 aliphatic heterocycles. The zero-order valence-corrected chi connectivity index (χ0v) is 33.4. The summed E-state index contributed by atoms with van der Waals surface area (Å²) in [6.45, 7) is 0.826. The van der Waals surface area contributed by atoms with Gasteiger partial charge in [0.15, 0.2) is 29.1 Å². The molecule has 0 bridgehead atoms. The number of aromatic carboxylic acids is 1. The largest absolute Gasteiger partial charge is 0.497 e. The zero-order chi connectivity index (χ0) is 45.3. The molecule has 21 heteroatoms. The van der Waals surface area contributed by atoms with E-state index in [-0.39, 0.29) is 42.7 Å². The number of primary amides is 1. The van der Waals surface area contributed by atoms with Crippen LogP contribution in [0.4, 0.5) is 17.6 Å². The minimum absolute atomic E-state index is 0.0947. The highest BCUT2D eigenvalue weighted by Crippen LogP contribution is 2.37. The van der Waals surface area contributed by atoms with E-state index in [9.17, 15) is 66.1 Å². The van der Waals surface area contributed by atoms with Crippen LogP contribution in [0.3, 0.4) is 0 Å². The number of Topliss-reactive ketones (excluding diaryl/α,β-unsaturated/α-hetero) is 2. The van der Waals surface area contributed by atoms with Crippen molar-refractivity contribution >= 4 is 47.1 Å². The average Bonchev–Trinajstić information content (AvgIpc) is 3.64. The van der Waals surface area contributed by atoms with Crippen LogP contribution < -0.4 is 36.5 Å². The van der Waals surface area contributed by atoms with Gasteiger partial charge in [0.25, 0.3) is 11.8 Å². The number of aliphatic hydroxyl groups excluding tert-OH is 1. The van der Waals surface area contributed by atoms with Crippen molar-refractivity contribution in [1.29, 1.82) is 0 Å². The Kier molecular flexibility index (Phi) is 16.3. The summed E-state index contributed by atoms with van der Waals surface area (Å²) in [6.07, 6.45) is 0.720. The van der Waals surface area contributed by atoms with Crippen molar-refractivity contribution in [3.05, 3.63) is 58.2 Å². The lowest BCUT2D eigenvalue weighted by molar-refractivity contribution is -0.141. The van der Waals surface area contributed by atoms with Crippen LogP contribution in [0.1, 0.15) is 97.0 Å². The Hall–Kier alpha value is -6.12. The van der Waals surface area contributed by atoms with Crippen molar-refractivity contribution in [2.45, 2.75) is 88.9 Å². The van der Waals surface area contributed by atoms with Crippen LogP contribution in [-0.4, -0.2) is 96.2 Å². The van der Waals surface area contributed by atoms with Crippen LogP contribution in [0.5, 0.6) is 11.5 Å². The SMILES string of the molecule is CCCC(NC(=O)[C@@H]1C[C@@H](O)CC1C(=O)[C@@H](NC(=O)c1c(F)c(F)c(F)c(F)c1C(=O)O)C1CCCCC1)C(=O)C(=O)NCC(=O)NC(C(N)=O)c1cc(OC)cc(OC)c1. The first kappa shape index (κ1) is 47.6. The fraction of sp³-hybridized carbons (Fsp3) is 0.500. The second kappa shape index (κ2) is 20.9. The average molecular weight is 866 g/mol. The van der Waals surface area contributed by atoms with Gasteiger partial charge < -0.3 is 46.7 Å². The molecule has 17 nitrogen and oxygen atoms in total. The monoisotopic (exact) mass is 865 g/mol. The predicted molar refractivity (Wildman–Crippen MR) is 203 cm³/mol. The number of hydrogen-bond donors (Lipinski definition) is 7. The summed E-state index contributed by atoms with van der Waals surface area (Å²) in [7, 11) is 2.72. The molecule has 2 saturated carbocycles. The molecule has 2 fully saturated rings. The summed E-state index contributed by atoms with van der Waals surface area (Å²) in [6, 6.07) is -0.148. The number of nitrogens with two attached hydrogens (primary N) is 1. The first-order valence-corrected chi connectivity index (χ1v) is 19.4. The minimum Gasteiger partial charge on any atom is -0.497 e. The second-order valence-corrected chi connectivity index (χ2v) is 14.8. The van der Waals surface area contributed by atoms with E-state index < -0.39 is 130 Å². The third kappa shape index (κ3) is 11.2. The summed E-state index contributed by atoms with van der Waals surface area (Å²) in [4.78, 5) is 105. The van der Waals surface area contributed by atoms with Crippen molar-refractivity contribution in [1.82, 2.24) is 21.3 Å². The molecule has 5 amide bonds. The van der Waals surface area contributed by atoms with E-state index in [1.54, 1.807) is 6.92 Å². The summed E-state index contributed by atoms with van der Waals surface area (Å²) in [5.74, 6) is -22.7. The Morgan fingerprint density at radius 2 is 1.38 bits per heavy atom. The second-order valence-electron chi connectivity index (χ2n) is 14.8. The summed E-state index contributed by atoms with van der Waals surface area (Å²) >= 11 is 0. The summed E-state index contributed by atoms with van der Waals surface area (Å²) in [5.41, 5.74) is 2.19. The number of carbonyl (C=O) groups excluding carboxylic acids is 7. The molecule has 0 aromatic heterocycles. The molecular weight excluding hydrogens is 818 g/mol. The summed E-state index contributed by atoms with van der Waals surface area (Å²) in [5, 5.41) is 29.2. The Morgan fingerprint density at radius 3 is 1.92 bits per heavy atom. The normalized spacial score (nSPS) is 19.1. The molecule has 2 aromatic rings. The zero-order valence-electron chi connectivity index (χ0n) is 33.4. The number of halogens is 4. The molecule has 8 N–H and O–H groups in total. The van der Waals surface area contributed by atoms with Gasteiger partial charge in [-0.15, -0.1) is 0 Å². The Labute approximate surface area is 346 Å². The van der Waals surface area contributed by atoms with Crippen LogP contribution >= 0.6 is 0 Å². The highest BCUT2D eigenvalue weighted by atomic mass is 19.2. The standard InChI is InChI=1S/C40H47F4N5O12/c1-4-8-24(35(53)39(57)46-16-25(51)48-33(36(45)54)18-11-20(60-2)15-21(12-18)61-3)47-37(55)23-14-19(50)13-22(23)34(52)32(17-9-6-5-7-10-17)49-38(56)26-27(40(58)59)29(42)31(44)30(43)28(26)41/h11-12,15,17,19,22-24,32-33,50H,4-10,13-14,16H2,1-3H3,(H2,45,54)(H,46,57)(H,47,55)(H,48,51)(H,49,56)(H,58,59)/t19-,22?,23+,24?,32-,33?/m0/s1. The Balaban J connectivity index is 1.50. The van der Waals surface area contributed by atoms with Gasteiger partial charge >= 0.3 is 5.97 Å². The van der Waals surface area contributed by atoms with Gasteiger partial charge in [-0.3, -0.25) is 33.6 Å². The van der Waals surface area contributed by atoms with Gasteiger partial charge in [-0.2, -0.15) is 0 Å². The van der Waals surface area contributed by atoms with Crippen LogP contribution in [0.2, 0.25) is 0 Å². The maximum Gasteiger partial charge on any atom is 0.339 e. The Bertz CT molecular complexity index is 2040. The molecule has 332 valence electrons. The van der Waals surface area contributed by atoms with Gasteiger partial charge in [-0.1, -0.05) is 32.6 Å². The number of aliphatic hydroxyl groups is 1.